The molecule has 2 atom stereocenters. The number of amides is 2. The highest BCUT2D eigenvalue weighted by atomic mass is 16.2. The molecule has 2 saturated carbocycles. The van der Waals surface area contributed by atoms with Gasteiger partial charge in [0, 0.05) is 30.3 Å². The average Bonchev–Trinajstić information content (AvgIpc) is 2.49. The minimum Gasteiger partial charge on any atom is -0.327 e. The predicted octanol–water partition coefficient (Wildman–Crippen LogP) is 3.05. The molecular formula is C19H27N3O2. The lowest BCUT2D eigenvalue weighted by Gasteiger charge is -2.43. The highest BCUT2D eigenvalue weighted by molar-refractivity contribution is 5.95. The summed E-state index contributed by atoms with van der Waals surface area (Å²) in [5.74, 6) is 0.983. The summed E-state index contributed by atoms with van der Waals surface area (Å²) in [5, 5.41) is 5.82. The van der Waals surface area contributed by atoms with Crippen molar-refractivity contribution in [1.82, 2.24) is 0 Å². The predicted molar refractivity (Wildman–Crippen MR) is 95.6 cm³/mol. The minimum atomic E-state index is -0.120. The van der Waals surface area contributed by atoms with Crippen molar-refractivity contribution in [2.24, 2.45) is 23.5 Å². The number of carbonyl (C=O) groups is 2. The molecule has 2 bridgehead atoms. The lowest BCUT2D eigenvalue weighted by atomic mass is 9.65. The van der Waals surface area contributed by atoms with Gasteiger partial charge in [-0.15, -0.1) is 0 Å². The van der Waals surface area contributed by atoms with Gasteiger partial charge in [0.1, 0.15) is 0 Å². The van der Waals surface area contributed by atoms with Crippen molar-refractivity contribution in [2.75, 3.05) is 10.6 Å². The second-order valence-electron chi connectivity index (χ2n) is 7.40. The van der Waals surface area contributed by atoms with Gasteiger partial charge in [-0.1, -0.05) is 12.5 Å². The van der Waals surface area contributed by atoms with Gasteiger partial charge >= 0.3 is 0 Å². The molecule has 24 heavy (non-hydrogen) atoms. The second-order valence-corrected chi connectivity index (χ2v) is 7.40. The fourth-order valence-corrected chi connectivity index (χ4v) is 4.28. The van der Waals surface area contributed by atoms with Crippen molar-refractivity contribution in [3.63, 3.8) is 0 Å². The first-order valence-electron chi connectivity index (χ1n) is 8.88. The van der Waals surface area contributed by atoms with E-state index in [1.54, 1.807) is 0 Å². The van der Waals surface area contributed by atoms with Gasteiger partial charge < -0.3 is 16.4 Å². The molecule has 0 spiro atoms. The van der Waals surface area contributed by atoms with Gasteiger partial charge in [-0.3, -0.25) is 9.59 Å². The quantitative estimate of drug-likeness (QED) is 0.797. The van der Waals surface area contributed by atoms with Crippen molar-refractivity contribution in [2.45, 2.75) is 52.0 Å². The summed E-state index contributed by atoms with van der Waals surface area (Å²) in [5.41, 5.74) is 8.78. The molecule has 1 aromatic rings. The molecular weight excluding hydrogens is 302 g/mol. The van der Waals surface area contributed by atoms with E-state index in [0.717, 1.165) is 36.9 Å². The van der Waals surface area contributed by atoms with Gasteiger partial charge in [0.15, 0.2) is 0 Å². The highest BCUT2D eigenvalue weighted by Gasteiger charge is 2.40. The lowest BCUT2D eigenvalue weighted by Crippen LogP contribution is -2.48. The zero-order chi connectivity index (χ0) is 17.3. The Morgan fingerprint density at radius 3 is 2.42 bits per heavy atom. The number of carbonyl (C=O) groups excluding carboxylic acids is 2. The summed E-state index contributed by atoms with van der Waals surface area (Å²) in [7, 11) is 0. The molecule has 0 aliphatic heterocycles. The topological polar surface area (TPSA) is 84.2 Å². The van der Waals surface area contributed by atoms with E-state index in [9.17, 15) is 9.59 Å². The molecule has 130 valence electrons. The van der Waals surface area contributed by atoms with E-state index in [2.05, 4.69) is 10.6 Å². The van der Waals surface area contributed by atoms with Gasteiger partial charge in [0.05, 0.1) is 0 Å². The van der Waals surface area contributed by atoms with E-state index in [1.165, 1.54) is 13.3 Å². The standard InChI is InChI=1S/C19H27N3O2/c1-11-6-7-16(21-12(2)23)10-17(11)22-19(24)15-8-13-4-3-5-14(9-15)18(13)20/h6-7,10,13-15,18H,3-5,8-9,20H2,1-2H3,(H,21,23)(H,22,24). The molecule has 4 N–H and O–H groups in total. The molecule has 5 heteroatoms. The Balaban J connectivity index is 1.69. The van der Waals surface area contributed by atoms with E-state index in [-0.39, 0.29) is 23.8 Å². The summed E-state index contributed by atoms with van der Waals surface area (Å²) in [6.07, 6.45) is 5.34. The second kappa shape index (κ2) is 6.93. The third-order valence-electron chi connectivity index (χ3n) is 5.60. The Morgan fingerprint density at radius 2 is 1.79 bits per heavy atom. The molecule has 2 unspecified atom stereocenters. The van der Waals surface area contributed by atoms with Gasteiger partial charge in [-0.25, -0.2) is 0 Å². The summed E-state index contributed by atoms with van der Waals surface area (Å²) in [6.45, 7) is 3.43. The number of anilines is 2. The number of rotatable bonds is 3. The van der Waals surface area contributed by atoms with Crippen LogP contribution in [-0.4, -0.2) is 17.9 Å². The van der Waals surface area contributed by atoms with Crippen LogP contribution in [0.5, 0.6) is 0 Å². The average molecular weight is 329 g/mol. The van der Waals surface area contributed by atoms with Gasteiger partial charge in [-0.2, -0.15) is 0 Å². The number of hydrogen-bond donors (Lipinski definition) is 3. The molecule has 3 rings (SSSR count). The summed E-state index contributed by atoms with van der Waals surface area (Å²) in [4.78, 5) is 24.0. The fourth-order valence-electron chi connectivity index (χ4n) is 4.28. The van der Waals surface area contributed by atoms with Crippen LogP contribution in [0, 0.1) is 24.7 Å². The van der Waals surface area contributed by atoms with E-state index in [4.69, 9.17) is 5.73 Å². The third kappa shape index (κ3) is 3.61. The molecule has 2 aliphatic carbocycles. The van der Waals surface area contributed by atoms with Crippen LogP contribution in [0.25, 0.3) is 0 Å². The summed E-state index contributed by atoms with van der Waals surface area (Å²) in [6, 6.07) is 5.85. The van der Waals surface area contributed by atoms with Crippen molar-refractivity contribution < 1.29 is 9.59 Å². The molecule has 5 nitrogen and oxygen atoms in total. The van der Waals surface area contributed by atoms with Crippen molar-refractivity contribution in [3.8, 4) is 0 Å². The monoisotopic (exact) mass is 329 g/mol. The lowest BCUT2D eigenvalue weighted by molar-refractivity contribution is -0.122. The number of aryl methyl sites for hydroxylation is 1. The Hall–Kier alpha value is -1.88. The smallest absolute Gasteiger partial charge is 0.227 e. The largest absolute Gasteiger partial charge is 0.327 e. The van der Waals surface area contributed by atoms with Crippen molar-refractivity contribution >= 4 is 23.2 Å². The summed E-state index contributed by atoms with van der Waals surface area (Å²) < 4.78 is 0. The van der Waals surface area contributed by atoms with Gasteiger partial charge in [-0.05, 0) is 62.1 Å². The van der Waals surface area contributed by atoms with E-state index >= 15 is 0 Å². The first-order valence-corrected chi connectivity index (χ1v) is 8.88. The Labute approximate surface area is 143 Å². The first kappa shape index (κ1) is 17.0. The number of hydrogen-bond acceptors (Lipinski definition) is 3. The van der Waals surface area contributed by atoms with E-state index in [0.29, 0.717) is 17.5 Å². The van der Waals surface area contributed by atoms with Crippen LogP contribution in [0.1, 0.15) is 44.6 Å². The highest BCUT2D eigenvalue weighted by Crippen LogP contribution is 2.42. The normalized spacial score (nSPS) is 29.0. The number of benzene rings is 1. The third-order valence-corrected chi connectivity index (χ3v) is 5.60. The number of fused-ring (bicyclic) bond motifs is 2. The molecule has 1 aromatic carbocycles. The maximum absolute atomic E-state index is 12.8. The molecule has 2 aliphatic rings. The Bertz CT molecular complexity index is 629. The molecule has 2 amide bonds. The summed E-state index contributed by atoms with van der Waals surface area (Å²) >= 11 is 0. The molecule has 2 fully saturated rings. The number of nitrogens with two attached hydrogens (primary N) is 1. The molecule has 0 saturated heterocycles. The molecule has 0 aromatic heterocycles. The fraction of sp³-hybridized carbons (Fsp3) is 0.579. The molecule has 0 heterocycles. The number of nitrogens with one attached hydrogen (secondary N) is 2. The maximum Gasteiger partial charge on any atom is 0.227 e. The van der Waals surface area contributed by atoms with E-state index in [1.807, 2.05) is 25.1 Å². The van der Waals surface area contributed by atoms with Gasteiger partial charge in [0.25, 0.3) is 0 Å². The van der Waals surface area contributed by atoms with Crippen LogP contribution in [0.3, 0.4) is 0 Å². The zero-order valence-corrected chi connectivity index (χ0v) is 14.5. The van der Waals surface area contributed by atoms with Crippen LogP contribution < -0.4 is 16.4 Å². The van der Waals surface area contributed by atoms with Crippen molar-refractivity contribution in [1.29, 1.82) is 0 Å². The van der Waals surface area contributed by atoms with Crippen molar-refractivity contribution in [3.05, 3.63) is 23.8 Å². The van der Waals surface area contributed by atoms with E-state index < -0.39 is 0 Å². The van der Waals surface area contributed by atoms with Crippen LogP contribution in [0.15, 0.2) is 18.2 Å². The van der Waals surface area contributed by atoms with Crippen LogP contribution >= 0.6 is 0 Å². The Kier molecular flexibility index (Phi) is 4.90. The van der Waals surface area contributed by atoms with Crippen LogP contribution in [0.2, 0.25) is 0 Å². The zero-order valence-electron chi connectivity index (χ0n) is 14.5. The van der Waals surface area contributed by atoms with Gasteiger partial charge in [0.2, 0.25) is 11.8 Å². The molecule has 0 radical (unpaired) electrons. The SMILES string of the molecule is CC(=O)Nc1ccc(C)c(NC(=O)C2CC3CCCC(C2)C3N)c1. The maximum atomic E-state index is 12.8. The first-order chi connectivity index (χ1) is 11.4. The van der Waals surface area contributed by atoms with Crippen LogP contribution in [-0.2, 0) is 9.59 Å². The van der Waals surface area contributed by atoms with Crippen LogP contribution in [0.4, 0.5) is 11.4 Å². The Morgan fingerprint density at radius 1 is 1.12 bits per heavy atom. The minimum absolute atomic E-state index is 0.0453.